The number of pyridine rings is 1. The highest BCUT2D eigenvalue weighted by molar-refractivity contribution is 6.01. The average Bonchev–Trinajstić information content (AvgIpc) is 2.81. The van der Waals surface area contributed by atoms with Gasteiger partial charge in [-0.25, -0.2) is 0 Å². The third-order valence-corrected chi connectivity index (χ3v) is 3.30. The van der Waals surface area contributed by atoms with E-state index in [9.17, 15) is 0 Å². The van der Waals surface area contributed by atoms with Gasteiger partial charge in [-0.2, -0.15) is 0 Å². The Morgan fingerprint density at radius 1 is 1.05 bits per heavy atom. The molecule has 21 heavy (non-hydrogen) atoms. The molecule has 0 bridgehead atoms. The largest absolute Gasteiger partial charge is 0.497 e. The van der Waals surface area contributed by atoms with Crippen molar-refractivity contribution in [3.63, 3.8) is 0 Å². The molecule has 3 aromatic rings. The Balaban J connectivity index is 2.27. The van der Waals surface area contributed by atoms with Gasteiger partial charge in [0, 0.05) is 23.2 Å². The van der Waals surface area contributed by atoms with Gasteiger partial charge in [-0.05, 0) is 18.2 Å². The van der Waals surface area contributed by atoms with Gasteiger partial charge in [-0.1, -0.05) is 0 Å². The summed E-state index contributed by atoms with van der Waals surface area (Å²) < 4.78 is 16.1. The number of nitrogens with zero attached hydrogens (tertiary/aromatic N) is 1. The minimum atomic E-state index is 0.189. The molecule has 6 nitrogen and oxygen atoms in total. The number of hydrogen-bond donors (Lipinski definition) is 2. The minimum Gasteiger partial charge on any atom is -0.497 e. The first kappa shape index (κ1) is 13.1. The number of fused-ring (bicyclic) bond motifs is 1. The lowest BCUT2D eigenvalue weighted by Gasteiger charge is -2.08. The van der Waals surface area contributed by atoms with Crippen molar-refractivity contribution < 1.29 is 13.9 Å². The molecular formula is C15H15N3O3. The highest BCUT2D eigenvalue weighted by Gasteiger charge is 2.15. The lowest BCUT2D eigenvalue weighted by atomic mass is 10.1. The fourth-order valence-corrected chi connectivity index (χ4v) is 2.21. The third-order valence-electron chi connectivity index (χ3n) is 3.30. The number of benzene rings is 1. The first-order valence-corrected chi connectivity index (χ1v) is 6.30. The maximum atomic E-state index is 5.90. The zero-order valence-electron chi connectivity index (χ0n) is 11.7. The molecular weight excluding hydrogens is 270 g/mol. The molecule has 0 radical (unpaired) electrons. The number of furan rings is 1. The van der Waals surface area contributed by atoms with Crippen molar-refractivity contribution >= 4 is 22.5 Å². The smallest absolute Gasteiger partial charge is 0.214 e. The van der Waals surface area contributed by atoms with Crippen molar-refractivity contribution in [3.05, 3.63) is 30.5 Å². The van der Waals surface area contributed by atoms with Crippen LogP contribution in [0.5, 0.6) is 11.5 Å². The first-order valence-electron chi connectivity index (χ1n) is 6.30. The molecule has 3 rings (SSSR count). The topological polar surface area (TPSA) is 96.5 Å². The standard InChI is InChI=1S/C15H15N3O3/c1-19-9-5-8(6-10(7-9)20-2)13-14-11(3-4-18-13)12(16)15(17)21-14/h3-7H,16-17H2,1-2H3. The van der Waals surface area contributed by atoms with E-state index in [0.717, 1.165) is 10.9 Å². The molecule has 0 unspecified atom stereocenters. The minimum absolute atomic E-state index is 0.189. The Morgan fingerprint density at radius 2 is 1.71 bits per heavy atom. The summed E-state index contributed by atoms with van der Waals surface area (Å²) in [6, 6.07) is 7.25. The van der Waals surface area contributed by atoms with Crippen LogP contribution in [0.1, 0.15) is 0 Å². The van der Waals surface area contributed by atoms with Crippen LogP contribution in [0.15, 0.2) is 34.9 Å². The predicted octanol–water partition coefficient (Wildman–Crippen LogP) is 2.68. The van der Waals surface area contributed by atoms with Crippen LogP contribution in [0.2, 0.25) is 0 Å². The van der Waals surface area contributed by atoms with Crippen LogP contribution in [0, 0.1) is 0 Å². The van der Waals surface area contributed by atoms with Gasteiger partial charge >= 0.3 is 0 Å². The fraction of sp³-hybridized carbons (Fsp3) is 0.133. The molecule has 2 heterocycles. The zero-order chi connectivity index (χ0) is 15.0. The summed E-state index contributed by atoms with van der Waals surface area (Å²) in [4.78, 5) is 4.37. The summed E-state index contributed by atoms with van der Waals surface area (Å²) in [5, 5.41) is 0.735. The van der Waals surface area contributed by atoms with Crippen molar-refractivity contribution in [2.45, 2.75) is 0 Å². The summed E-state index contributed by atoms with van der Waals surface area (Å²) >= 11 is 0. The zero-order valence-corrected chi connectivity index (χ0v) is 11.7. The van der Waals surface area contributed by atoms with Gasteiger partial charge in [0.25, 0.3) is 0 Å². The van der Waals surface area contributed by atoms with Crippen molar-refractivity contribution in [3.8, 4) is 22.8 Å². The van der Waals surface area contributed by atoms with Gasteiger partial charge in [-0.3, -0.25) is 4.98 Å². The maximum Gasteiger partial charge on any atom is 0.214 e. The van der Waals surface area contributed by atoms with Crippen LogP contribution in [0.3, 0.4) is 0 Å². The molecule has 1 aromatic carbocycles. The Hall–Kier alpha value is -2.89. The normalized spacial score (nSPS) is 10.8. The molecule has 0 saturated heterocycles. The third kappa shape index (κ3) is 2.10. The van der Waals surface area contributed by atoms with Gasteiger partial charge in [0.2, 0.25) is 5.88 Å². The van der Waals surface area contributed by atoms with Gasteiger partial charge in [0.15, 0.2) is 5.58 Å². The Labute approximate surface area is 121 Å². The van der Waals surface area contributed by atoms with Crippen LogP contribution in [-0.2, 0) is 0 Å². The number of rotatable bonds is 3. The first-order chi connectivity index (χ1) is 10.1. The molecule has 0 amide bonds. The van der Waals surface area contributed by atoms with Crippen molar-refractivity contribution in [2.75, 3.05) is 25.7 Å². The van der Waals surface area contributed by atoms with Crippen LogP contribution in [0.25, 0.3) is 22.2 Å². The Kier molecular flexibility index (Phi) is 3.06. The second-order valence-electron chi connectivity index (χ2n) is 4.52. The number of nitrogens with two attached hydrogens (primary N) is 2. The van der Waals surface area contributed by atoms with E-state index in [1.165, 1.54) is 0 Å². The molecule has 0 fully saturated rings. The van der Waals surface area contributed by atoms with E-state index in [4.69, 9.17) is 25.4 Å². The van der Waals surface area contributed by atoms with Gasteiger partial charge in [-0.15, -0.1) is 0 Å². The van der Waals surface area contributed by atoms with E-state index in [2.05, 4.69) is 4.98 Å². The van der Waals surface area contributed by atoms with E-state index < -0.39 is 0 Å². The second-order valence-corrected chi connectivity index (χ2v) is 4.52. The number of aromatic nitrogens is 1. The maximum absolute atomic E-state index is 5.90. The molecule has 0 atom stereocenters. The quantitative estimate of drug-likeness (QED) is 0.768. The van der Waals surface area contributed by atoms with Crippen LogP contribution >= 0.6 is 0 Å². The SMILES string of the molecule is COc1cc(OC)cc(-c2nccc3c(N)c(N)oc23)c1. The number of ether oxygens (including phenoxy) is 2. The molecule has 4 N–H and O–H groups in total. The summed E-state index contributed by atoms with van der Waals surface area (Å²) in [5.74, 6) is 1.51. The van der Waals surface area contributed by atoms with Crippen LogP contribution in [0.4, 0.5) is 11.6 Å². The monoisotopic (exact) mass is 285 g/mol. The summed E-state index contributed by atoms with van der Waals surface area (Å²) in [5.41, 5.74) is 14.0. The molecule has 0 spiro atoms. The Morgan fingerprint density at radius 3 is 2.33 bits per heavy atom. The van der Waals surface area contributed by atoms with E-state index in [0.29, 0.717) is 28.5 Å². The average molecular weight is 285 g/mol. The predicted molar refractivity (Wildman–Crippen MR) is 81.4 cm³/mol. The summed E-state index contributed by atoms with van der Waals surface area (Å²) in [7, 11) is 3.19. The van der Waals surface area contributed by atoms with Crippen LogP contribution < -0.4 is 20.9 Å². The molecule has 2 aromatic heterocycles. The van der Waals surface area contributed by atoms with E-state index in [1.54, 1.807) is 32.5 Å². The van der Waals surface area contributed by atoms with Crippen molar-refractivity contribution in [2.24, 2.45) is 0 Å². The van der Waals surface area contributed by atoms with Gasteiger partial charge in [0.1, 0.15) is 22.9 Å². The highest BCUT2D eigenvalue weighted by Crippen LogP contribution is 2.37. The van der Waals surface area contributed by atoms with Crippen molar-refractivity contribution in [1.29, 1.82) is 0 Å². The highest BCUT2D eigenvalue weighted by atomic mass is 16.5. The lowest BCUT2D eigenvalue weighted by molar-refractivity contribution is 0.394. The van der Waals surface area contributed by atoms with Gasteiger partial charge < -0.3 is 25.4 Å². The summed E-state index contributed by atoms with van der Waals surface area (Å²) in [6.45, 7) is 0. The van der Waals surface area contributed by atoms with E-state index in [1.807, 2.05) is 12.1 Å². The van der Waals surface area contributed by atoms with Crippen LogP contribution in [-0.4, -0.2) is 19.2 Å². The van der Waals surface area contributed by atoms with E-state index in [-0.39, 0.29) is 5.88 Å². The molecule has 0 saturated carbocycles. The Bertz CT molecular complexity index is 789. The van der Waals surface area contributed by atoms with E-state index >= 15 is 0 Å². The van der Waals surface area contributed by atoms with Crippen molar-refractivity contribution in [1.82, 2.24) is 4.98 Å². The number of methoxy groups -OCH3 is 2. The van der Waals surface area contributed by atoms with Gasteiger partial charge in [0.05, 0.1) is 14.2 Å². The molecule has 0 aliphatic rings. The molecule has 108 valence electrons. The number of anilines is 2. The lowest BCUT2D eigenvalue weighted by Crippen LogP contribution is -1.91. The molecule has 6 heteroatoms. The fourth-order valence-electron chi connectivity index (χ4n) is 2.21. The number of nitrogen functional groups attached to an aromatic ring is 2. The second kappa shape index (κ2) is 4.90. The number of hydrogen-bond acceptors (Lipinski definition) is 6. The molecule has 0 aliphatic heterocycles. The molecule has 0 aliphatic carbocycles. The summed E-state index contributed by atoms with van der Waals surface area (Å²) in [6.07, 6.45) is 1.66.